The highest BCUT2D eigenvalue weighted by Gasteiger charge is 2.35. The SMILES string of the molecule is CCCNC(=O)C(Cc1ccccc1)N(Cc1c(Cl)cccc1Cl)C(=O)CN(c1ccc(C)c(C)c1)S(=O)(=O)c1ccc(C)cc1. The van der Waals surface area contributed by atoms with Gasteiger partial charge in [-0.2, -0.15) is 0 Å². The molecule has 0 aliphatic heterocycles. The van der Waals surface area contributed by atoms with E-state index >= 15 is 0 Å². The normalized spacial score (nSPS) is 12.0. The van der Waals surface area contributed by atoms with Crippen LogP contribution in [-0.2, 0) is 32.6 Å². The molecule has 4 aromatic carbocycles. The van der Waals surface area contributed by atoms with Crippen molar-refractivity contribution in [3.05, 3.63) is 129 Å². The van der Waals surface area contributed by atoms with E-state index in [1.807, 2.05) is 64.1 Å². The first-order valence-corrected chi connectivity index (χ1v) is 17.3. The van der Waals surface area contributed by atoms with E-state index in [0.717, 1.165) is 26.6 Å². The third kappa shape index (κ3) is 8.49. The number of benzene rings is 4. The van der Waals surface area contributed by atoms with Crippen molar-refractivity contribution >= 4 is 50.7 Å². The fourth-order valence-corrected chi connectivity index (χ4v) is 6.94. The molecule has 0 aromatic heterocycles. The monoisotopic (exact) mass is 679 g/mol. The van der Waals surface area contributed by atoms with Gasteiger partial charge in [0.05, 0.1) is 10.6 Å². The van der Waals surface area contributed by atoms with Crippen LogP contribution in [0.3, 0.4) is 0 Å². The van der Waals surface area contributed by atoms with Gasteiger partial charge in [0.2, 0.25) is 11.8 Å². The predicted octanol–water partition coefficient (Wildman–Crippen LogP) is 7.28. The summed E-state index contributed by atoms with van der Waals surface area (Å²) < 4.78 is 29.6. The van der Waals surface area contributed by atoms with Gasteiger partial charge in [-0.3, -0.25) is 13.9 Å². The van der Waals surface area contributed by atoms with Gasteiger partial charge >= 0.3 is 0 Å². The first kappa shape index (κ1) is 35.0. The van der Waals surface area contributed by atoms with E-state index in [4.69, 9.17) is 23.2 Å². The molecule has 1 atom stereocenters. The van der Waals surface area contributed by atoms with Crippen LogP contribution in [0.2, 0.25) is 10.0 Å². The molecule has 1 N–H and O–H groups in total. The molecule has 1 unspecified atom stereocenters. The lowest BCUT2D eigenvalue weighted by molar-refractivity contribution is -0.140. The Bertz CT molecular complexity index is 1760. The molecule has 0 spiro atoms. The molecular formula is C36H39Cl2N3O4S. The summed E-state index contributed by atoms with van der Waals surface area (Å²) >= 11 is 13.2. The molecule has 7 nitrogen and oxygen atoms in total. The van der Waals surface area contributed by atoms with Gasteiger partial charge in [-0.1, -0.05) is 90.3 Å². The quantitative estimate of drug-likeness (QED) is 0.161. The highest BCUT2D eigenvalue weighted by Crippen LogP contribution is 2.30. The van der Waals surface area contributed by atoms with Crippen molar-refractivity contribution in [3.63, 3.8) is 0 Å². The Morgan fingerprint density at radius 2 is 1.48 bits per heavy atom. The molecule has 0 radical (unpaired) electrons. The number of halogens is 2. The van der Waals surface area contributed by atoms with E-state index in [-0.39, 0.29) is 23.8 Å². The molecule has 242 valence electrons. The smallest absolute Gasteiger partial charge is 0.264 e. The average Bonchev–Trinajstić information content (AvgIpc) is 3.03. The minimum Gasteiger partial charge on any atom is -0.354 e. The summed E-state index contributed by atoms with van der Waals surface area (Å²) in [5.41, 5.74) is 4.38. The molecule has 46 heavy (non-hydrogen) atoms. The zero-order valence-corrected chi connectivity index (χ0v) is 28.8. The van der Waals surface area contributed by atoms with E-state index in [0.29, 0.717) is 34.3 Å². The highest BCUT2D eigenvalue weighted by molar-refractivity contribution is 7.92. The maximum atomic E-state index is 14.6. The van der Waals surface area contributed by atoms with Crippen molar-refractivity contribution in [2.45, 2.75) is 58.0 Å². The number of aryl methyl sites for hydroxylation is 3. The third-order valence-corrected chi connectivity index (χ3v) is 10.4. The van der Waals surface area contributed by atoms with Gasteiger partial charge in [-0.25, -0.2) is 8.42 Å². The van der Waals surface area contributed by atoms with Crippen molar-refractivity contribution in [1.82, 2.24) is 10.2 Å². The molecule has 0 aliphatic rings. The summed E-state index contributed by atoms with van der Waals surface area (Å²) in [5.74, 6) is -0.946. The highest BCUT2D eigenvalue weighted by atomic mass is 35.5. The number of anilines is 1. The molecule has 0 saturated heterocycles. The summed E-state index contributed by atoms with van der Waals surface area (Å²) in [6.07, 6.45) is 0.891. The Labute approximate surface area is 282 Å². The molecule has 4 aromatic rings. The Morgan fingerprint density at radius 1 is 0.826 bits per heavy atom. The van der Waals surface area contributed by atoms with Gasteiger partial charge in [0.15, 0.2) is 0 Å². The van der Waals surface area contributed by atoms with E-state index in [1.54, 1.807) is 42.5 Å². The number of hydrogen-bond donors (Lipinski definition) is 1. The van der Waals surface area contributed by atoms with Gasteiger partial charge in [0, 0.05) is 35.1 Å². The van der Waals surface area contributed by atoms with Crippen LogP contribution in [0.25, 0.3) is 0 Å². The van der Waals surface area contributed by atoms with Gasteiger partial charge in [0.1, 0.15) is 12.6 Å². The largest absolute Gasteiger partial charge is 0.354 e. The van der Waals surface area contributed by atoms with Crippen LogP contribution in [0.15, 0.2) is 95.9 Å². The van der Waals surface area contributed by atoms with E-state index < -0.39 is 28.5 Å². The summed E-state index contributed by atoms with van der Waals surface area (Å²) in [5, 5.41) is 3.59. The van der Waals surface area contributed by atoms with E-state index in [2.05, 4.69) is 5.32 Å². The van der Waals surface area contributed by atoms with Crippen molar-refractivity contribution in [3.8, 4) is 0 Å². The van der Waals surface area contributed by atoms with Gasteiger partial charge in [-0.05, 0) is 80.3 Å². The lowest BCUT2D eigenvalue weighted by Crippen LogP contribution is -2.53. The minimum atomic E-state index is -4.20. The first-order valence-electron chi connectivity index (χ1n) is 15.1. The zero-order chi connectivity index (χ0) is 33.4. The van der Waals surface area contributed by atoms with Crippen LogP contribution in [0, 0.1) is 20.8 Å². The topological polar surface area (TPSA) is 86.8 Å². The number of amides is 2. The van der Waals surface area contributed by atoms with Crippen LogP contribution in [0.4, 0.5) is 5.69 Å². The second-order valence-electron chi connectivity index (χ2n) is 11.3. The maximum Gasteiger partial charge on any atom is 0.264 e. The van der Waals surface area contributed by atoms with Crippen LogP contribution in [-0.4, -0.2) is 44.3 Å². The van der Waals surface area contributed by atoms with Crippen LogP contribution < -0.4 is 9.62 Å². The second-order valence-corrected chi connectivity index (χ2v) is 14.0. The fourth-order valence-electron chi connectivity index (χ4n) is 5.02. The molecule has 0 fully saturated rings. The molecule has 0 aliphatic carbocycles. The Kier molecular flexibility index (Phi) is 11.9. The molecule has 0 heterocycles. The maximum absolute atomic E-state index is 14.6. The fraction of sp³-hybridized carbons (Fsp3) is 0.278. The van der Waals surface area contributed by atoms with Crippen molar-refractivity contribution in [2.75, 3.05) is 17.4 Å². The summed E-state index contributed by atoms with van der Waals surface area (Å²) in [6.45, 7) is 7.37. The number of rotatable bonds is 13. The molecule has 0 saturated carbocycles. The van der Waals surface area contributed by atoms with Crippen LogP contribution >= 0.6 is 23.2 Å². The average molecular weight is 681 g/mol. The Balaban J connectivity index is 1.85. The number of hydrogen-bond acceptors (Lipinski definition) is 4. The zero-order valence-electron chi connectivity index (χ0n) is 26.5. The predicted molar refractivity (Wildman–Crippen MR) is 186 cm³/mol. The standard InChI is InChI=1S/C36H39Cl2N3O4S/c1-5-20-39-36(43)34(22-28-10-7-6-8-11-28)40(23-31-32(37)12-9-13-33(31)38)35(42)24-41(29-17-16-26(3)27(4)21-29)46(44,45)30-18-14-25(2)15-19-30/h6-19,21,34H,5,20,22-24H2,1-4H3,(H,39,43). The Morgan fingerprint density at radius 3 is 2.09 bits per heavy atom. The van der Waals surface area contributed by atoms with E-state index in [1.165, 1.54) is 17.0 Å². The van der Waals surface area contributed by atoms with E-state index in [9.17, 15) is 18.0 Å². The lowest BCUT2D eigenvalue weighted by Gasteiger charge is -2.34. The minimum absolute atomic E-state index is 0.0475. The molecule has 2 amide bonds. The Hall–Kier alpha value is -3.85. The van der Waals surface area contributed by atoms with Crippen LogP contribution in [0.1, 0.15) is 41.2 Å². The summed E-state index contributed by atoms with van der Waals surface area (Å²) in [7, 11) is -4.20. The van der Waals surface area contributed by atoms with Crippen molar-refractivity contribution in [1.29, 1.82) is 0 Å². The molecule has 4 rings (SSSR count). The number of sulfonamides is 1. The van der Waals surface area contributed by atoms with Crippen molar-refractivity contribution in [2.24, 2.45) is 0 Å². The second kappa shape index (κ2) is 15.6. The number of carbonyl (C=O) groups excluding carboxylic acids is 2. The lowest BCUT2D eigenvalue weighted by atomic mass is 10.0. The number of carbonyl (C=O) groups is 2. The summed E-state index contributed by atoms with van der Waals surface area (Å²) in [4.78, 5) is 29.8. The number of nitrogens with zero attached hydrogens (tertiary/aromatic N) is 2. The van der Waals surface area contributed by atoms with Gasteiger partial charge in [-0.15, -0.1) is 0 Å². The number of nitrogens with one attached hydrogen (secondary N) is 1. The third-order valence-electron chi connectivity index (χ3n) is 7.88. The molecule has 10 heteroatoms. The van der Waals surface area contributed by atoms with Gasteiger partial charge < -0.3 is 10.2 Å². The molecule has 0 bridgehead atoms. The van der Waals surface area contributed by atoms with Crippen molar-refractivity contribution < 1.29 is 18.0 Å². The van der Waals surface area contributed by atoms with Crippen LogP contribution in [0.5, 0.6) is 0 Å². The summed E-state index contributed by atoms with van der Waals surface area (Å²) in [6, 6.07) is 25.2. The van der Waals surface area contributed by atoms with Gasteiger partial charge in [0.25, 0.3) is 10.0 Å². The molecular weight excluding hydrogens is 641 g/mol. The first-order chi connectivity index (χ1) is 21.9.